The first-order valence-corrected chi connectivity index (χ1v) is 11.2. The molecule has 0 aliphatic rings. The number of rotatable bonds is 9. The van der Waals surface area contributed by atoms with Gasteiger partial charge in [-0.15, -0.1) is 0 Å². The zero-order valence-corrected chi connectivity index (χ0v) is 19.3. The number of nitrogens with zero attached hydrogens (tertiary/aromatic N) is 1. The number of nitrogens with one attached hydrogen (secondary N) is 1. The van der Waals surface area contributed by atoms with Crippen molar-refractivity contribution in [1.82, 2.24) is 10.2 Å². The largest absolute Gasteiger partial charge is 0.357 e. The van der Waals surface area contributed by atoms with Gasteiger partial charge in [-0.1, -0.05) is 83.9 Å². The number of halogens is 1. The Balaban J connectivity index is 1.85. The van der Waals surface area contributed by atoms with Gasteiger partial charge in [0.2, 0.25) is 11.8 Å². The number of likely N-dealkylation sites (N-methyl/N-ethyl adjacent to an activating group) is 1. The van der Waals surface area contributed by atoms with Gasteiger partial charge in [0.15, 0.2) is 0 Å². The molecule has 0 heterocycles. The van der Waals surface area contributed by atoms with Crippen LogP contribution in [-0.2, 0) is 29.0 Å². The van der Waals surface area contributed by atoms with Crippen molar-refractivity contribution in [2.24, 2.45) is 0 Å². The summed E-state index contributed by atoms with van der Waals surface area (Å²) in [5, 5.41) is 3.38. The fourth-order valence-electron chi connectivity index (χ4n) is 3.66. The van der Waals surface area contributed by atoms with E-state index >= 15 is 0 Å². The van der Waals surface area contributed by atoms with Crippen LogP contribution in [0.1, 0.15) is 28.7 Å². The van der Waals surface area contributed by atoms with Gasteiger partial charge in [-0.3, -0.25) is 9.59 Å². The number of hydrogen-bond acceptors (Lipinski definition) is 2. The molecule has 2 amide bonds. The number of aryl methyl sites for hydroxylation is 2. The summed E-state index contributed by atoms with van der Waals surface area (Å²) in [6.45, 7) is 2.38. The summed E-state index contributed by atoms with van der Waals surface area (Å²) in [6.07, 6.45) is 1.41. The quantitative estimate of drug-likeness (QED) is 0.502. The molecule has 4 nitrogen and oxygen atoms in total. The summed E-state index contributed by atoms with van der Waals surface area (Å²) < 4.78 is 0. The zero-order valence-electron chi connectivity index (χ0n) is 18.6. The van der Waals surface area contributed by atoms with Crippen LogP contribution in [0.25, 0.3) is 0 Å². The minimum Gasteiger partial charge on any atom is -0.357 e. The van der Waals surface area contributed by atoms with E-state index in [1.165, 1.54) is 5.56 Å². The van der Waals surface area contributed by atoms with Gasteiger partial charge in [-0.25, -0.2) is 0 Å². The number of benzene rings is 3. The third-order valence-electron chi connectivity index (χ3n) is 5.53. The maximum absolute atomic E-state index is 13.4. The maximum atomic E-state index is 13.4. The highest BCUT2D eigenvalue weighted by molar-refractivity contribution is 6.30. The van der Waals surface area contributed by atoms with Crippen LogP contribution < -0.4 is 5.32 Å². The third kappa shape index (κ3) is 6.69. The van der Waals surface area contributed by atoms with E-state index < -0.39 is 6.04 Å². The van der Waals surface area contributed by atoms with Crippen molar-refractivity contribution < 1.29 is 9.59 Å². The lowest BCUT2D eigenvalue weighted by Gasteiger charge is -2.31. The second-order valence-corrected chi connectivity index (χ2v) is 8.39. The molecule has 32 heavy (non-hydrogen) atoms. The van der Waals surface area contributed by atoms with Crippen molar-refractivity contribution in [1.29, 1.82) is 0 Å². The summed E-state index contributed by atoms with van der Waals surface area (Å²) in [5.74, 6) is -0.225. The highest BCUT2D eigenvalue weighted by atomic mass is 35.5. The summed E-state index contributed by atoms with van der Waals surface area (Å²) >= 11 is 6.04. The molecule has 0 aliphatic carbocycles. The Bertz CT molecular complexity index is 1020. The lowest BCUT2D eigenvalue weighted by Crippen LogP contribution is -2.49. The molecule has 0 bridgehead atoms. The molecule has 0 unspecified atom stereocenters. The Labute approximate surface area is 195 Å². The first-order valence-electron chi connectivity index (χ1n) is 10.8. The van der Waals surface area contributed by atoms with Crippen molar-refractivity contribution in [3.05, 3.63) is 106 Å². The Kier molecular flexibility index (Phi) is 8.46. The average Bonchev–Trinajstić information content (AvgIpc) is 2.82. The second-order valence-electron chi connectivity index (χ2n) is 7.95. The maximum Gasteiger partial charge on any atom is 0.242 e. The molecule has 0 fully saturated rings. The Morgan fingerprint density at radius 1 is 0.875 bits per heavy atom. The van der Waals surface area contributed by atoms with Gasteiger partial charge in [-0.2, -0.15) is 0 Å². The van der Waals surface area contributed by atoms with E-state index in [0.717, 1.165) is 16.7 Å². The monoisotopic (exact) mass is 448 g/mol. The molecule has 0 spiro atoms. The highest BCUT2D eigenvalue weighted by Crippen LogP contribution is 2.18. The van der Waals surface area contributed by atoms with E-state index in [1.807, 2.05) is 73.7 Å². The van der Waals surface area contributed by atoms with Crippen LogP contribution in [-0.4, -0.2) is 29.8 Å². The molecule has 0 saturated heterocycles. The van der Waals surface area contributed by atoms with Crippen molar-refractivity contribution in [3.8, 4) is 0 Å². The molecule has 3 rings (SSSR count). The van der Waals surface area contributed by atoms with Crippen molar-refractivity contribution in [2.75, 3.05) is 7.05 Å². The van der Waals surface area contributed by atoms with Crippen LogP contribution in [0, 0.1) is 6.92 Å². The number of amides is 2. The van der Waals surface area contributed by atoms with Crippen LogP contribution in [0.5, 0.6) is 0 Å². The molecule has 0 aliphatic heterocycles. The standard InChI is InChI=1S/C27H29ClN2O2/c1-20-8-10-21(11-9-20)14-17-26(31)30(19-23-12-15-24(28)16-13-23)25(27(32)29-2)18-22-6-4-3-5-7-22/h3-13,15-16,25H,14,17-19H2,1-2H3,(H,29,32)/t25-/m1/s1. The van der Waals surface area contributed by atoms with Crippen molar-refractivity contribution in [2.45, 2.75) is 38.8 Å². The predicted octanol–water partition coefficient (Wildman–Crippen LogP) is 4.97. The minimum atomic E-state index is -0.608. The first-order chi connectivity index (χ1) is 15.5. The smallest absolute Gasteiger partial charge is 0.242 e. The summed E-state index contributed by atoms with van der Waals surface area (Å²) in [4.78, 5) is 28.0. The molecule has 1 atom stereocenters. The number of hydrogen-bond donors (Lipinski definition) is 1. The van der Waals surface area contributed by atoms with Crippen LogP contribution in [0.3, 0.4) is 0 Å². The lowest BCUT2D eigenvalue weighted by atomic mass is 10.0. The normalized spacial score (nSPS) is 11.6. The molecule has 3 aromatic carbocycles. The van der Waals surface area contributed by atoms with Crippen LogP contribution >= 0.6 is 11.6 Å². The summed E-state index contributed by atoms with van der Waals surface area (Å²) in [7, 11) is 1.61. The van der Waals surface area contributed by atoms with Gasteiger partial charge in [0, 0.05) is 31.5 Å². The van der Waals surface area contributed by atoms with Gasteiger partial charge < -0.3 is 10.2 Å². The Morgan fingerprint density at radius 3 is 2.12 bits per heavy atom. The van der Waals surface area contributed by atoms with E-state index in [9.17, 15) is 9.59 Å². The second kappa shape index (κ2) is 11.5. The van der Waals surface area contributed by atoms with Crippen LogP contribution in [0.2, 0.25) is 5.02 Å². The van der Waals surface area contributed by atoms with Crippen molar-refractivity contribution in [3.63, 3.8) is 0 Å². The summed E-state index contributed by atoms with van der Waals surface area (Å²) in [6, 6.07) is 24.8. The fraction of sp³-hybridized carbons (Fsp3) is 0.259. The van der Waals surface area contributed by atoms with Crippen molar-refractivity contribution >= 4 is 23.4 Å². The fourth-order valence-corrected chi connectivity index (χ4v) is 3.78. The van der Waals surface area contributed by atoms with Gasteiger partial charge in [0.05, 0.1) is 0 Å². The predicted molar refractivity (Wildman–Crippen MR) is 130 cm³/mol. The van der Waals surface area contributed by atoms with E-state index in [0.29, 0.717) is 30.8 Å². The average molecular weight is 449 g/mol. The molecule has 0 saturated carbocycles. The molecule has 1 N–H and O–H groups in total. The first kappa shape index (κ1) is 23.6. The van der Waals surface area contributed by atoms with Gasteiger partial charge >= 0.3 is 0 Å². The van der Waals surface area contributed by atoms with E-state index in [4.69, 9.17) is 11.6 Å². The van der Waals surface area contributed by atoms with Crippen LogP contribution in [0.4, 0.5) is 0 Å². The topological polar surface area (TPSA) is 49.4 Å². The van der Waals surface area contributed by atoms with Gasteiger partial charge in [0.1, 0.15) is 6.04 Å². The highest BCUT2D eigenvalue weighted by Gasteiger charge is 2.29. The molecular weight excluding hydrogens is 420 g/mol. The number of carbonyl (C=O) groups excluding carboxylic acids is 2. The van der Waals surface area contributed by atoms with E-state index in [-0.39, 0.29) is 11.8 Å². The zero-order chi connectivity index (χ0) is 22.9. The SMILES string of the molecule is CNC(=O)[C@@H](Cc1ccccc1)N(Cc1ccc(Cl)cc1)C(=O)CCc1ccc(C)cc1. The third-order valence-corrected chi connectivity index (χ3v) is 5.78. The number of carbonyl (C=O) groups is 2. The van der Waals surface area contributed by atoms with E-state index in [2.05, 4.69) is 5.32 Å². The Hall–Kier alpha value is -3.11. The van der Waals surface area contributed by atoms with Crippen LogP contribution in [0.15, 0.2) is 78.9 Å². The molecule has 3 aromatic rings. The lowest BCUT2D eigenvalue weighted by molar-refractivity contribution is -0.141. The molecule has 0 aromatic heterocycles. The molecule has 0 radical (unpaired) electrons. The molecular formula is C27H29ClN2O2. The Morgan fingerprint density at radius 2 is 1.50 bits per heavy atom. The van der Waals surface area contributed by atoms with Gasteiger partial charge in [-0.05, 0) is 42.2 Å². The molecule has 5 heteroatoms. The van der Waals surface area contributed by atoms with E-state index in [1.54, 1.807) is 24.1 Å². The molecule has 166 valence electrons. The minimum absolute atomic E-state index is 0.0509. The summed E-state index contributed by atoms with van der Waals surface area (Å²) in [5.41, 5.74) is 4.23. The van der Waals surface area contributed by atoms with Gasteiger partial charge in [0.25, 0.3) is 0 Å².